The van der Waals surface area contributed by atoms with E-state index in [0.717, 1.165) is 24.2 Å². The molecule has 0 radical (unpaired) electrons. The minimum absolute atomic E-state index is 0.106. The first kappa shape index (κ1) is 19.9. The Morgan fingerprint density at radius 1 is 1.20 bits per heavy atom. The second-order valence-corrected chi connectivity index (χ2v) is 8.23. The number of nitrogens with zero attached hydrogens (tertiary/aromatic N) is 3. The van der Waals surface area contributed by atoms with Gasteiger partial charge in [0.05, 0.1) is 30.5 Å². The number of fused-ring (bicyclic) bond motifs is 1. The summed E-state index contributed by atoms with van der Waals surface area (Å²) in [5.74, 6) is -0.439. The summed E-state index contributed by atoms with van der Waals surface area (Å²) in [5, 5.41) is 10.7. The fraction of sp³-hybridized carbons (Fsp3) is 0.211. The molecule has 156 valence electrons. The van der Waals surface area contributed by atoms with E-state index < -0.39 is 15.9 Å². The third kappa shape index (κ3) is 4.26. The standard InChI is InChI=1S/C19H20N6O4S/c1-2-30(27,28)24-14-11-16-17(22-23-18(16)20-12-14)19(26)21-13-3-5-15(6-4-13)25-7-9-29-10-8-25/h2-6,11-12,24H,1,7-10H2,(H,21,26)(H,20,22,23). The van der Waals surface area contributed by atoms with Crippen molar-refractivity contribution in [3.63, 3.8) is 0 Å². The average molecular weight is 428 g/mol. The van der Waals surface area contributed by atoms with Crippen molar-refractivity contribution in [3.8, 4) is 0 Å². The van der Waals surface area contributed by atoms with E-state index in [2.05, 4.69) is 36.7 Å². The van der Waals surface area contributed by atoms with Gasteiger partial charge in [0.25, 0.3) is 15.9 Å². The van der Waals surface area contributed by atoms with Crippen molar-refractivity contribution in [2.24, 2.45) is 0 Å². The van der Waals surface area contributed by atoms with Gasteiger partial charge in [-0.1, -0.05) is 6.58 Å². The normalized spacial score (nSPS) is 14.5. The quantitative estimate of drug-likeness (QED) is 0.547. The van der Waals surface area contributed by atoms with Gasteiger partial charge in [0.15, 0.2) is 11.3 Å². The lowest BCUT2D eigenvalue weighted by Gasteiger charge is -2.28. The second kappa shape index (κ2) is 8.13. The number of carbonyl (C=O) groups is 1. The van der Waals surface area contributed by atoms with Crippen LogP contribution in [-0.4, -0.2) is 55.8 Å². The van der Waals surface area contributed by atoms with Crippen molar-refractivity contribution in [2.45, 2.75) is 0 Å². The lowest BCUT2D eigenvalue weighted by Crippen LogP contribution is -2.36. The first-order chi connectivity index (χ1) is 14.4. The highest BCUT2D eigenvalue weighted by atomic mass is 32.2. The van der Waals surface area contributed by atoms with Crippen molar-refractivity contribution < 1.29 is 17.9 Å². The number of aromatic nitrogens is 3. The number of rotatable bonds is 6. The van der Waals surface area contributed by atoms with Gasteiger partial charge < -0.3 is 15.0 Å². The SMILES string of the molecule is C=CS(=O)(=O)Nc1cnc2[nH]nc(C(=O)Nc3ccc(N4CCOCC4)cc3)c2c1. The molecule has 2 aromatic heterocycles. The van der Waals surface area contributed by atoms with Crippen molar-refractivity contribution in [2.75, 3.05) is 41.2 Å². The number of sulfonamides is 1. The van der Waals surface area contributed by atoms with Crippen molar-refractivity contribution >= 4 is 44.0 Å². The zero-order chi connectivity index (χ0) is 21.1. The van der Waals surface area contributed by atoms with Crippen LogP contribution in [-0.2, 0) is 14.8 Å². The molecule has 1 saturated heterocycles. The molecule has 10 nitrogen and oxygen atoms in total. The Morgan fingerprint density at radius 3 is 2.63 bits per heavy atom. The topological polar surface area (TPSA) is 129 Å². The number of morpholine rings is 1. The molecule has 3 N–H and O–H groups in total. The molecule has 0 atom stereocenters. The Bertz CT molecular complexity index is 1180. The van der Waals surface area contributed by atoms with Crippen molar-refractivity contribution in [3.05, 3.63) is 54.2 Å². The van der Waals surface area contributed by atoms with Crippen LogP contribution in [0.25, 0.3) is 11.0 Å². The highest BCUT2D eigenvalue weighted by molar-refractivity contribution is 7.95. The van der Waals surface area contributed by atoms with Gasteiger partial charge in [-0.15, -0.1) is 0 Å². The number of carbonyl (C=O) groups excluding carboxylic acids is 1. The molecule has 0 spiro atoms. The predicted octanol–water partition coefficient (Wildman–Crippen LogP) is 1.93. The largest absolute Gasteiger partial charge is 0.378 e. The second-order valence-electron chi connectivity index (χ2n) is 6.61. The molecule has 1 aromatic carbocycles. The number of pyridine rings is 1. The summed E-state index contributed by atoms with van der Waals surface area (Å²) in [6, 6.07) is 9.00. The van der Waals surface area contributed by atoms with Gasteiger partial charge >= 0.3 is 0 Å². The third-order valence-corrected chi connectivity index (χ3v) is 5.57. The van der Waals surface area contributed by atoms with E-state index >= 15 is 0 Å². The van der Waals surface area contributed by atoms with Crippen LogP contribution in [0.5, 0.6) is 0 Å². The van der Waals surface area contributed by atoms with Crippen LogP contribution in [0.2, 0.25) is 0 Å². The first-order valence-electron chi connectivity index (χ1n) is 9.19. The van der Waals surface area contributed by atoms with Gasteiger partial charge in [-0.25, -0.2) is 13.4 Å². The summed E-state index contributed by atoms with van der Waals surface area (Å²) in [5.41, 5.74) is 2.35. The van der Waals surface area contributed by atoms with Crippen LogP contribution in [0, 0.1) is 0 Å². The number of anilines is 3. The fourth-order valence-electron chi connectivity index (χ4n) is 3.11. The van der Waals surface area contributed by atoms with Crippen LogP contribution in [0.3, 0.4) is 0 Å². The van der Waals surface area contributed by atoms with Gasteiger partial charge in [-0.05, 0) is 30.3 Å². The Morgan fingerprint density at radius 2 is 1.93 bits per heavy atom. The van der Waals surface area contributed by atoms with Crippen LogP contribution < -0.4 is 14.9 Å². The zero-order valence-corrected chi connectivity index (χ0v) is 16.8. The third-order valence-electron chi connectivity index (χ3n) is 4.61. The molecule has 1 fully saturated rings. The van der Waals surface area contributed by atoms with Crippen molar-refractivity contribution in [1.82, 2.24) is 15.2 Å². The van der Waals surface area contributed by atoms with Gasteiger partial charge in [0.2, 0.25) is 0 Å². The van der Waals surface area contributed by atoms with E-state index in [-0.39, 0.29) is 11.4 Å². The van der Waals surface area contributed by atoms with Gasteiger partial charge in [-0.2, -0.15) is 5.10 Å². The smallest absolute Gasteiger partial charge is 0.276 e. The number of hydrogen-bond donors (Lipinski definition) is 3. The molecule has 0 unspecified atom stereocenters. The number of hydrogen-bond acceptors (Lipinski definition) is 7. The molecule has 3 aromatic rings. The molecule has 30 heavy (non-hydrogen) atoms. The fourth-order valence-corrected chi connectivity index (χ4v) is 3.63. The van der Waals surface area contributed by atoms with Gasteiger partial charge in [0.1, 0.15) is 0 Å². The molecule has 0 bridgehead atoms. The number of aromatic amines is 1. The Labute approximate surface area is 173 Å². The molecule has 1 amide bonds. The van der Waals surface area contributed by atoms with E-state index in [4.69, 9.17) is 4.74 Å². The minimum Gasteiger partial charge on any atom is -0.378 e. The Hall–Kier alpha value is -3.44. The molecule has 11 heteroatoms. The van der Waals surface area contributed by atoms with E-state index in [1.807, 2.05) is 24.3 Å². The molecule has 0 saturated carbocycles. The number of benzene rings is 1. The highest BCUT2D eigenvalue weighted by Crippen LogP contribution is 2.22. The number of nitrogens with one attached hydrogen (secondary N) is 3. The van der Waals surface area contributed by atoms with Crippen LogP contribution in [0.15, 0.2) is 48.5 Å². The van der Waals surface area contributed by atoms with E-state index in [1.165, 1.54) is 12.3 Å². The molecular formula is C19H20N6O4S. The highest BCUT2D eigenvalue weighted by Gasteiger charge is 2.17. The molecule has 0 aliphatic carbocycles. The molecule has 3 heterocycles. The maximum atomic E-state index is 12.7. The Balaban J connectivity index is 1.52. The summed E-state index contributed by atoms with van der Waals surface area (Å²) in [6.07, 6.45) is 1.33. The van der Waals surface area contributed by atoms with Gasteiger partial charge in [0, 0.05) is 29.9 Å². The molecule has 1 aliphatic heterocycles. The maximum absolute atomic E-state index is 12.7. The van der Waals surface area contributed by atoms with Crippen LogP contribution >= 0.6 is 0 Å². The van der Waals surface area contributed by atoms with E-state index in [9.17, 15) is 13.2 Å². The summed E-state index contributed by atoms with van der Waals surface area (Å²) >= 11 is 0. The van der Waals surface area contributed by atoms with Crippen LogP contribution in [0.4, 0.5) is 17.1 Å². The molecular weight excluding hydrogens is 408 g/mol. The summed E-state index contributed by atoms with van der Waals surface area (Å²) in [7, 11) is -3.69. The average Bonchev–Trinajstić information content (AvgIpc) is 3.18. The first-order valence-corrected chi connectivity index (χ1v) is 10.7. The van der Waals surface area contributed by atoms with Crippen molar-refractivity contribution in [1.29, 1.82) is 0 Å². The predicted molar refractivity (Wildman–Crippen MR) is 114 cm³/mol. The van der Waals surface area contributed by atoms with E-state index in [1.54, 1.807) is 0 Å². The summed E-state index contributed by atoms with van der Waals surface area (Å²) < 4.78 is 31.0. The maximum Gasteiger partial charge on any atom is 0.276 e. The lowest BCUT2D eigenvalue weighted by atomic mass is 10.2. The summed E-state index contributed by atoms with van der Waals surface area (Å²) in [6.45, 7) is 6.30. The Kier molecular flexibility index (Phi) is 5.38. The number of H-pyrrole nitrogens is 1. The molecule has 1 aliphatic rings. The minimum atomic E-state index is -3.69. The van der Waals surface area contributed by atoms with Crippen LogP contribution in [0.1, 0.15) is 10.5 Å². The van der Waals surface area contributed by atoms with E-state index in [0.29, 0.717) is 29.9 Å². The number of ether oxygens (including phenoxy) is 1. The van der Waals surface area contributed by atoms with Gasteiger partial charge in [-0.3, -0.25) is 14.6 Å². The summed E-state index contributed by atoms with van der Waals surface area (Å²) in [4.78, 5) is 19.0. The number of amides is 1. The monoisotopic (exact) mass is 428 g/mol. The zero-order valence-electron chi connectivity index (χ0n) is 16.0. The lowest BCUT2D eigenvalue weighted by molar-refractivity contribution is 0.102. The molecule has 4 rings (SSSR count).